The van der Waals surface area contributed by atoms with Gasteiger partial charge < -0.3 is 5.73 Å². The van der Waals surface area contributed by atoms with Gasteiger partial charge in [0.05, 0.1) is 22.9 Å². The van der Waals surface area contributed by atoms with Crippen LogP contribution in [-0.2, 0) is 6.54 Å². The molecule has 25 heavy (non-hydrogen) atoms. The van der Waals surface area contributed by atoms with Gasteiger partial charge in [-0.25, -0.2) is 27.4 Å². The number of fused-ring (bicyclic) bond motifs is 2. The standard InChI is InChI=1S/C15H12F3N7/c1-7-14-13(9(16)5-25(14)22-15(19)20-7)8-2-3-10-11(4-8)24(23-21-10)6-12(17)18/h2-5,12H,6H2,1H3,(H2,19,22). The molecule has 1 aromatic carbocycles. The third-order valence-electron chi connectivity index (χ3n) is 3.89. The second kappa shape index (κ2) is 5.43. The van der Waals surface area contributed by atoms with Crippen LogP contribution in [0.15, 0.2) is 24.4 Å². The van der Waals surface area contributed by atoms with Gasteiger partial charge in [-0.05, 0) is 24.6 Å². The van der Waals surface area contributed by atoms with Crippen molar-refractivity contribution < 1.29 is 13.2 Å². The highest BCUT2D eigenvalue weighted by molar-refractivity contribution is 5.88. The molecule has 0 unspecified atom stereocenters. The van der Waals surface area contributed by atoms with Crippen molar-refractivity contribution >= 4 is 22.5 Å². The molecule has 3 aromatic heterocycles. The van der Waals surface area contributed by atoms with Crippen LogP contribution in [0.4, 0.5) is 19.1 Å². The topological polar surface area (TPSA) is 86.9 Å². The summed E-state index contributed by atoms with van der Waals surface area (Å²) in [4.78, 5) is 4.06. The molecule has 0 fully saturated rings. The normalized spacial score (nSPS) is 11.9. The summed E-state index contributed by atoms with van der Waals surface area (Å²) in [6.07, 6.45) is -1.37. The summed E-state index contributed by atoms with van der Waals surface area (Å²) < 4.78 is 42.3. The molecule has 0 atom stereocenters. The molecule has 4 rings (SSSR count). The average molecular weight is 347 g/mol. The van der Waals surface area contributed by atoms with E-state index in [1.54, 1.807) is 25.1 Å². The van der Waals surface area contributed by atoms with E-state index in [9.17, 15) is 13.2 Å². The Bertz CT molecular complexity index is 1100. The number of benzene rings is 1. The van der Waals surface area contributed by atoms with Crippen LogP contribution in [0.5, 0.6) is 0 Å². The molecule has 0 aliphatic rings. The third kappa shape index (κ3) is 2.46. The smallest absolute Gasteiger partial charge is 0.258 e. The SMILES string of the molecule is Cc1nc(N)nn2cc(F)c(-c3ccc4nnn(CC(F)F)c4c3)c12. The summed E-state index contributed by atoms with van der Waals surface area (Å²) >= 11 is 0. The van der Waals surface area contributed by atoms with E-state index in [1.807, 2.05) is 0 Å². The van der Waals surface area contributed by atoms with Crippen molar-refractivity contribution in [2.24, 2.45) is 0 Å². The number of hydrogen-bond donors (Lipinski definition) is 1. The number of hydrogen-bond acceptors (Lipinski definition) is 5. The molecule has 7 nitrogen and oxygen atoms in total. The molecular formula is C15H12F3N7. The van der Waals surface area contributed by atoms with Gasteiger partial charge in [0.25, 0.3) is 6.43 Å². The fraction of sp³-hybridized carbons (Fsp3) is 0.200. The van der Waals surface area contributed by atoms with E-state index < -0.39 is 18.8 Å². The highest BCUT2D eigenvalue weighted by Crippen LogP contribution is 2.32. The Morgan fingerprint density at radius 2 is 2.08 bits per heavy atom. The average Bonchev–Trinajstić information content (AvgIpc) is 3.07. The molecule has 0 radical (unpaired) electrons. The number of anilines is 1. The minimum absolute atomic E-state index is 0.0289. The summed E-state index contributed by atoms with van der Waals surface area (Å²) in [6, 6.07) is 4.83. The highest BCUT2D eigenvalue weighted by atomic mass is 19.3. The Morgan fingerprint density at radius 3 is 2.84 bits per heavy atom. The van der Waals surface area contributed by atoms with E-state index in [1.165, 1.54) is 10.7 Å². The summed E-state index contributed by atoms with van der Waals surface area (Å²) in [7, 11) is 0. The van der Waals surface area contributed by atoms with Gasteiger partial charge in [-0.15, -0.1) is 10.2 Å². The second-order valence-corrected chi connectivity index (χ2v) is 5.57. The molecule has 0 saturated heterocycles. The molecule has 0 bridgehead atoms. The van der Waals surface area contributed by atoms with Crippen LogP contribution in [-0.4, -0.2) is 36.0 Å². The van der Waals surface area contributed by atoms with E-state index in [0.29, 0.717) is 27.8 Å². The molecule has 4 aromatic rings. The van der Waals surface area contributed by atoms with E-state index in [0.717, 1.165) is 4.68 Å². The lowest BCUT2D eigenvalue weighted by Crippen LogP contribution is -2.08. The number of alkyl halides is 2. The number of rotatable bonds is 3. The van der Waals surface area contributed by atoms with Crippen LogP contribution in [0.2, 0.25) is 0 Å². The van der Waals surface area contributed by atoms with E-state index >= 15 is 0 Å². The van der Waals surface area contributed by atoms with Gasteiger partial charge in [0.15, 0.2) is 5.82 Å². The number of nitrogens with two attached hydrogens (primary N) is 1. The van der Waals surface area contributed by atoms with E-state index in [4.69, 9.17) is 5.73 Å². The van der Waals surface area contributed by atoms with Crippen LogP contribution in [0.1, 0.15) is 5.69 Å². The molecular weight excluding hydrogens is 335 g/mol. The zero-order chi connectivity index (χ0) is 17.7. The fourth-order valence-electron chi connectivity index (χ4n) is 2.91. The molecule has 128 valence electrons. The van der Waals surface area contributed by atoms with Crippen LogP contribution < -0.4 is 5.73 Å². The first-order valence-corrected chi connectivity index (χ1v) is 7.37. The molecule has 0 amide bonds. The predicted octanol–water partition coefficient (Wildman–Crippen LogP) is 2.44. The number of nitrogens with zero attached hydrogens (tertiary/aromatic N) is 6. The molecule has 0 aliphatic heterocycles. The van der Waals surface area contributed by atoms with Gasteiger partial charge in [-0.3, -0.25) is 0 Å². The molecule has 2 N–H and O–H groups in total. The largest absolute Gasteiger partial charge is 0.367 e. The van der Waals surface area contributed by atoms with Gasteiger partial charge in [-0.2, -0.15) is 0 Å². The van der Waals surface area contributed by atoms with Crippen LogP contribution in [0.25, 0.3) is 27.7 Å². The van der Waals surface area contributed by atoms with Gasteiger partial charge in [-0.1, -0.05) is 11.3 Å². The summed E-state index contributed by atoms with van der Waals surface area (Å²) in [5.74, 6) is -0.489. The van der Waals surface area contributed by atoms with Crippen molar-refractivity contribution in [2.75, 3.05) is 5.73 Å². The lowest BCUT2D eigenvalue weighted by molar-refractivity contribution is 0.122. The lowest BCUT2D eigenvalue weighted by atomic mass is 10.1. The Hall–Kier alpha value is -3.17. The second-order valence-electron chi connectivity index (χ2n) is 5.57. The fourth-order valence-corrected chi connectivity index (χ4v) is 2.91. The Balaban J connectivity index is 1.95. The lowest BCUT2D eigenvalue weighted by Gasteiger charge is -2.05. The first kappa shape index (κ1) is 15.4. The minimum Gasteiger partial charge on any atom is -0.367 e. The minimum atomic E-state index is -2.57. The summed E-state index contributed by atoms with van der Waals surface area (Å²) in [5.41, 5.74) is 8.15. The molecule has 0 saturated carbocycles. The number of halogens is 3. The van der Waals surface area contributed by atoms with Gasteiger partial charge >= 0.3 is 0 Å². The van der Waals surface area contributed by atoms with Crippen molar-refractivity contribution in [1.29, 1.82) is 0 Å². The first-order valence-electron chi connectivity index (χ1n) is 7.37. The Kier molecular flexibility index (Phi) is 3.34. The maximum Gasteiger partial charge on any atom is 0.258 e. The first-order chi connectivity index (χ1) is 11.9. The number of nitrogen functional groups attached to an aromatic ring is 1. The van der Waals surface area contributed by atoms with Crippen molar-refractivity contribution in [3.8, 4) is 11.1 Å². The van der Waals surface area contributed by atoms with E-state index in [-0.39, 0.29) is 11.5 Å². The monoisotopic (exact) mass is 347 g/mol. The van der Waals surface area contributed by atoms with Gasteiger partial charge in [0.1, 0.15) is 12.1 Å². The maximum absolute atomic E-state index is 14.6. The Morgan fingerprint density at radius 1 is 1.28 bits per heavy atom. The Labute approximate surface area is 138 Å². The molecule has 10 heteroatoms. The molecule has 0 spiro atoms. The van der Waals surface area contributed by atoms with E-state index in [2.05, 4.69) is 20.4 Å². The number of aryl methyl sites for hydroxylation is 1. The highest BCUT2D eigenvalue weighted by Gasteiger charge is 2.19. The molecule has 0 aliphatic carbocycles. The van der Waals surface area contributed by atoms with Crippen molar-refractivity contribution in [2.45, 2.75) is 19.9 Å². The quantitative estimate of drug-likeness (QED) is 0.615. The zero-order valence-electron chi connectivity index (χ0n) is 13.0. The molecule has 3 heterocycles. The zero-order valence-corrected chi connectivity index (χ0v) is 13.0. The van der Waals surface area contributed by atoms with Gasteiger partial charge in [0.2, 0.25) is 5.95 Å². The van der Waals surface area contributed by atoms with Crippen LogP contribution in [0, 0.1) is 12.7 Å². The van der Waals surface area contributed by atoms with Crippen LogP contribution >= 0.6 is 0 Å². The third-order valence-corrected chi connectivity index (χ3v) is 3.89. The maximum atomic E-state index is 14.6. The van der Waals surface area contributed by atoms with Crippen molar-refractivity contribution in [3.05, 3.63) is 35.9 Å². The summed E-state index contributed by atoms with van der Waals surface area (Å²) in [5, 5.41) is 11.5. The van der Waals surface area contributed by atoms with Crippen molar-refractivity contribution in [3.63, 3.8) is 0 Å². The number of aromatic nitrogens is 6. The van der Waals surface area contributed by atoms with Crippen molar-refractivity contribution in [1.82, 2.24) is 29.6 Å². The predicted molar refractivity (Wildman–Crippen MR) is 84.6 cm³/mol. The van der Waals surface area contributed by atoms with Crippen LogP contribution in [0.3, 0.4) is 0 Å². The summed E-state index contributed by atoms with van der Waals surface area (Å²) in [6.45, 7) is 1.11. The van der Waals surface area contributed by atoms with Gasteiger partial charge in [0, 0.05) is 5.56 Å².